The lowest BCUT2D eigenvalue weighted by Gasteiger charge is -2.27. The highest BCUT2D eigenvalue weighted by Gasteiger charge is 2.47. The van der Waals surface area contributed by atoms with Crippen LogP contribution in [0.5, 0.6) is 11.5 Å². The Bertz CT molecular complexity index is 1390. The van der Waals surface area contributed by atoms with Crippen LogP contribution in [-0.4, -0.2) is 28.5 Å². The molecule has 1 aliphatic rings. The fourth-order valence-corrected chi connectivity index (χ4v) is 4.47. The van der Waals surface area contributed by atoms with Crippen LogP contribution in [0.4, 0.5) is 5.69 Å². The van der Waals surface area contributed by atoms with Crippen LogP contribution in [0.1, 0.15) is 29.7 Å². The summed E-state index contributed by atoms with van der Waals surface area (Å²) < 4.78 is 5.51. The predicted octanol–water partition coefficient (Wildman–Crippen LogP) is 6.69. The molecule has 1 amide bonds. The number of hydrogen-bond acceptors (Lipinski definition) is 5. The number of nitrogens with zero attached hydrogens (tertiary/aromatic N) is 1. The Morgan fingerprint density at radius 3 is 2.43 bits per heavy atom. The van der Waals surface area contributed by atoms with Crippen LogP contribution < -0.4 is 9.64 Å². The van der Waals surface area contributed by atoms with Gasteiger partial charge in [-0.2, -0.15) is 0 Å². The Morgan fingerprint density at radius 1 is 1.00 bits per heavy atom. The third-order valence-corrected chi connectivity index (χ3v) is 6.64. The van der Waals surface area contributed by atoms with Crippen LogP contribution in [0.3, 0.4) is 0 Å². The summed E-state index contributed by atoms with van der Waals surface area (Å²) in [6.45, 7) is 3.83. The van der Waals surface area contributed by atoms with Crippen molar-refractivity contribution < 1.29 is 24.5 Å². The molecule has 6 nitrogen and oxygen atoms in total. The first-order valence-corrected chi connectivity index (χ1v) is 11.8. The van der Waals surface area contributed by atoms with E-state index in [-0.39, 0.29) is 39.3 Å². The average Bonchev–Trinajstić information content (AvgIpc) is 3.09. The van der Waals surface area contributed by atoms with E-state index in [0.717, 1.165) is 0 Å². The number of halogens is 3. The van der Waals surface area contributed by atoms with Crippen LogP contribution in [-0.2, 0) is 9.59 Å². The van der Waals surface area contributed by atoms with Crippen molar-refractivity contribution in [3.63, 3.8) is 0 Å². The normalized spacial score (nSPS) is 17.2. The number of aromatic hydroxyl groups is 1. The number of aryl methyl sites for hydroxylation is 1. The van der Waals surface area contributed by atoms with Crippen LogP contribution in [0.2, 0.25) is 15.1 Å². The molecule has 180 valence electrons. The van der Waals surface area contributed by atoms with Gasteiger partial charge in [-0.15, -0.1) is 0 Å². The van der Waals surface area contributed by atoms with E-state index in [1.54, 1.807) is 38.1 Å². The number of rotatable bonds is 5. The maximum absolute atomic E-state index is 13.4. The van der Waals surface area contributed by atoms with Crippen LogP contribution >= 0.6 is 34.8 Å². The van der Waals surface area contributed by atoms with Crippen molar-refractivity contribution in [3.05, 3.63) is 91.9 Å². The topological polar surface area (TPSA) is 87.1 Å². The number of hydrogen-bond donors (Lipinski definition) is 2. The SMILES string of the molecule is CCOc1cc(C2/C(=C(\O)c3ccc(Cl)c(Cl)c3)C(=O)C(=O)N2c2cc(Cl)ccc2C)ccc1O. The van der Waals surface area contributed by atoms with E-state index in [2.05, 4.69) is 0 Å². The Hall–Kier alpha value is -3.19. The second-order valence-electron chi connectivity index (χ2n) is 7.89. The number of ketones is 1. The van der Waals surface area contributed by atoms with Crippen molar-refractivity contribution in [2.45, 2.75) is 19.9 Å². The van der Waals surface area contributed by atoms with E-state index in [0.29, 0.717) is 21.8 Å². The number of ether oxygens (including phenoxy) is 1. The van der Waals surface area contributed by atoms with Crippen LogP contribution in [0.15, 0.2) is 60.2 Å². The first kappa shape index (κ1) is 24.9. The predicted molar refractivity (Wildman–Crippen MR) is 137 cm³/mol. The van der Waals surface area contributed by atoms with Gasteiger partial charge in [0.1, 0.15) is 5.76 Å². The number of aliphatic hydroxyl groups is 1. The zero-order valence-electron chi connectivity index (χ0n) is 18.7. The largest absolute Gasteiger partial charge is 0.507 e. The van der Waals surface area contributed by atoms with E-state index in [1.165, 1.54) is 35.2 Å². The highest BCUT2D eigenvalue weighted by atomic mass is 35.5. The quantitative estimate of drug-likeness (QED) is 0.217. The number of carbonyl (C=O) groups excluding carboxylic acids is 2. The number of benzene rings is 3. The summed E-state index contributed by atoms with van der Waals surface area (Å²) in [5.41, 5.74) is 1.60. The van der Waals surface area contributed by atoms with E-state index >= 15 is 0 Å². The van der Waals surface area contributed by atoms with Gasteiger partial charge in [-0.05, 0) is 67.4 Å². The van der Waals surface area contributed by atoms with E-state index in [9.17, 15) is 19.8 Å². The zero-order valence-corrected chi connectivity index (χ0v) is 20.9. The molecule has 1 unspecified atom stereocenters. The minimum Gasteiger partial charge on any atom is -0.507 e. The van der Waals surface area contributed by atoms with Gasteiger partial charge in [-0.25, -0.2) is 0 Å². The maximum Gasteiger partial charge on any atom is 0.300 e. The lowest BCUT2D eigenvalue weighted by atomic mass is 9.94. The van der Waals surface area contributed by atoms with Crippen molar-refractivity contribution >= 4 is 57.9 Å². The summed E-state index contributed by atoms with van der Waals surface area (Å²) in [5, 5.41) is 22.3. The Labute approximate surface area is 216 Å². The van der Waals surface area contributed by atoms with Gasteiger partial charge >= 0.3 is 0 Å². The smallest absolute Gasteiger partial charge is 0.300 e. The molecule has 9 heteroatoms. The molecule has 0 aliphatic carbocycles. The Kier molecular flexibility index (Phi) is 6.99. The highest BCUT2D eigenvalue weighted by Crippen LogP contribution is 2.45. The zero-order chi connectivity index (χ0) is 25.4. The van der Waals surface area contributed by atoms with Gasteiger partial charge in [0.05, 0.1) is 28.3 Å². The molecule has 35 heavy (non-hydrogen) atoms. The summed E-state index contributed by atoms with van der Waals surface area (Å²) in [6, 6.07) is 12.8. The molecule has 1 atom stereocenters. The molecule has 1 saturated heterocycles. The third kappa shape index (κ3) is 4.57. The molecule has 0 spiro atoms. The molecular weight excluding hydrogens is 513 g/mol. The molecule has 0 radical (unpaired) electrons. The molecule has 0 bridgehead atoms. The molecule has 3 aromatic carbocycles. The number of anilines is 1. The molecule has 0 aromatic heterocycles. The maximum atomic E-state index is 13.4. The van der Waals surface area contributed by atoms with Gasteiger partial charge < -0.3 is 14.9 Å². The summed E-state index contributed by atoms with van der Waals surface area (Å²) in [7, 11) is 0. The van der Waals surface area contributed by atoms with Crippen molar-refractivity contribution in [3.8, 4) is 11.5 Å². The van der Waals surface area contributed by atoms with E-state index < -0.39 is 23.5 Å². The standard InChI is InChI=1S/C26H20Cl3NO5/c1-3-35-21-11-14(6-9-20(21)31)23-22(24(32)15-5-8-17(28)18(29)10-15)25(33)26(34)30(23)19-12-16(27)7-4-13(19)2/h4-12,23,31-32H,3H2,1-2H3/b24-22+. The van der Waals surface area contributed by atoms with Gasteiger partial charge in [-0.1, -0.05) is 46.9 Å². The number of Topliss-reactive ketones (excluding diaryl/α,β-unsaturated/α-hetero) is 1. The van der Waals surface area contributed by atoms with Crippen molar-refractivity contribution in [2.75, 3.05) is 11.5 Å². The van der Waals surface area contributed by atoms with Crippen molar-refractivity contribution in [1.82, 2.24) is 0 Å². The average molecular weight is 533 g/mol. The van der Waals surface area contributed by atoms with Gasteiger partial charge in [0.15, 0.2) is 11.5 Å². The van der Waals surface area contributed by atoms with Gasteiger partial charge in [0.2, 0.25) is 0 Å². The minimum atomic E-state index is -1.04. The lowest BCUT2D eigenvalue weighted by molar-refractivity contribution is -0.132. The number of phenols is 1. The summed E-state index contributed by atoms with van der Waals surface area (Å²) in [4.78, 5) is 28.0. The molecular formula is C26H20Cl3NO5. The first-order chi connectivity index (χ1) is 16.6. The molecule has 3 aromatic rings. The monoisotopic (exact) mass is 531 g/mol. The molecule has 0 saturated carbocycles. The number of aliphatic hydroxyl groups excluding tert-OH is 1. The second kappa shape index (κ2) is 9.82. The number of carbonyl (C=O) groups is 2. The molecule has 4 rings (SSSR count). The van der Waals surface area contributed by atoms with Crippen molar-refractivity contribution in [2.24, 2.45) is 0 Å². The number of phenolic OH excluding ortho intramolecular Hbond substituents is 1. The molecule has 1 aliphatic heterocycles. The number of amides is 1. The summed E-state index contributed by atoms with van der Waals surface area (Å²) in [6.07, 6.45) is 0. The fraction of sp³-hybridized carbons (Fsp3) is 0.154. The van der Waals surface area contributed by atoms with Crippen LogP contribution in [0.25, 0.3) is 5.76 Å². The summed E-state index contributed by atoms with van der Waals surface area (Å²) >= 11 is 18.4. The van der Waals surface area contributed by atoms with Crippen LogP contribution in [0, 0.1) is 6.92 Å². The minimum absolute atomic E-state index is 0.101. The third-order valence-electron chi connectivity index (χ3n) is 5.67. The molecule has 2 N–H and O–H groups in total. The fourth-order valence-electron chi connectivity index (χ4n) is 4.01. The molecule has 1 heterocycles. The van der Waals surface area contributed by atoms with Crippen molar-refractivity contribution in [1.29, 1.82) is 0 Å². The lowest BCUT2D eigenvalue weighted by Crippen LogP contribution is -2.30. The first-order valence-electron chi connectivity index (χ1n) is 10.6. The van der Waals surface area contributed by atoms with Gasteiger partial charge in [0.25, 0.3) is 11.7 Å². The Morgan fingerprint density at radius 2 is 1.74 bits per heavy atom. The second-order valence-corrected chi connectivity index (χ2v) is 9.14. The van der Waals surface area contributed by atoms with Gasteiger partial charge in [0, 0.05) is 16.3 Å². The molecule has 1 fully saturated rings. The van der Waals surface area contributed by atoms with Gasteiger partial charge in [-0.3, -0.25) is 14.5 Å². The van der Waals surface area contributed by atoms with E-state index in [4.69, 9.17) is 39.5 Å². The summed E-state index contributed by atoms with van der Waals surface area (Å²) in [5.74, 6) is -2.07. The van der Waals surface area contributed by atoms with E-state index in [1.807, 2.05) is 0 Å². The Balaban J connectivity index is 2.00. The highest BCUT2D eigenvalue weighted by molar-refractivity contribution is 6.52.